The van der Waals surface area contributed by atoms with Gasteiger partial charge >= 0.3 is 0 Å². The highest BCUT2D eigenvalue weighted by molar-refractivity contribution is 5.38. The van der Waals surface area contributed by atoms with E-state index in [4.69, 9.17) is 10.3 Å². The second-order valence-electron chi connectivity index (χ2n) is 5.47. The average Bonchev–Trinajstić information content (AvgIpc) is 2.94. The molecule has 0 bridgehead atoms. The molecule has 18 heavy (non-hydrogen) atoms. The quantitative estimate of drug-likeness (QED) is 0.879. The first kappa shape index (κ1) is 11.4. The van der Waals surface area contributed by atoms with Crippen LogP contribution in [0.25, 0.3) is 0 Å². The Kier molecular flexibility index (Phi) is 2.48. The number of aryl methyl sites for hydroxylation is 1. The fraction of sp³-hybridized carbons (Fsp3) is 0.429. The molecule has 2 aromatic rings. The van der Waals surface area contributed by atoms with E-state index >= 15 is 0 Å². The number of benzene rings is 1. The third-order valence-electron chi connectivity index (χ3n) is 3.44. The summed E-state index contributed by atoms with van der Waals surface area (Å²) in [5.41, 5.74) is 8.10. The van der Waals surface area contributed by atoms with Gasteiger partial charge in [0, 0.05) is 5.92 Å². The molecule has 0 amide bonds. The predicted octanol–water partition coefficient (Wildman–Crippen LogP) is 2.34. The third-order valence-corrected chi connectivity index (χ3v) is 3.44. The normalized spacial score (nSPS) is 18.9. The zero-order valence-electron chi connectivity index (χ0n) is 10.7. The second kappa shape index (κ2) is 3.92. The molecular weight excluding hydrogens is 226 g/mol. The van der Waals surface area contributed by atoms with Crippen LogP contribution < -0.4 is 5.73 Å². The molecule has 0 radical (unpaired) electrons. The summed E-state index contributed by atoms with van der Waals surface area (Å²) < 4.78 is 5.27. The van der Waals surface area contributed by atoms with Crippen LogP contribution in [0, 0.1) is 0 Å². The minimum absolute atomic E-state index is 0.251. The lowest BCUT2D eigenvalue weighted by atomic mass is 10.0. The van der Waals surface area contributed by atoms with E-state index in [1.807, 2.05) is 13.8 Å². The molecule has 4 heteroatoms. The van der Waals surface area contributed by atoms with Gasteiger partial charge in [-0.25, -0.2) is 0 Å². The monoisotopic (exact) mass is 243 g/mol. The lowest BCUT2D eigenvalue weighted by Gasteiger charge is -2.11. The zero-order chi connectivity index (χ0) is 12.8. The van der Waals surface area contributed by atoms with Crippen molar-refractivity contribution in [3.05, 3.63) is 47.1 Å². The summed E-state index contributed by atoms with van der Waals surface area (Å²) >= 11 is 0. The molecule has 1 unspecified atom stereocenters. The molecule has 2 N–H and O–H groups in total. The van der Waals surface area contributed by atoms with Gasteiger partial charge in [0.25, 0.3) is 0 Å². The maximum atomic E-state index is 5.97. The SMILES string of the molecule is CC(C)(N)c1nc(C2CCc3ccccc32)no1. The molecular formula is C14H17N3O. The summed E-state index contributed by atoms with van der Waals surface area (Å²) in [5.74, 6) is 1.51. The fourth-order valence-electron chi connectivity index (χ4n) is 2.46. The van der Waals surface area contributed by atoms with Crippen molar-refractivity contribution < 1.29 is 4.52 Å². The van der Waals surface area contributed by atoms with Crippen LogP contribution in [0.15, 0.2) is 28.8 Å². The maximum absolute atomic E-state index is 5.97. The van der Waals surface area contributed by atoms with E-state index in [-0.39, 0.29) is 5.92 Å². The zero-order valence-corrected chi connectivity index (χ0v) is 10.7. The Hall–Kier alpha value is -1.68. The number of rotatable bonds is 2. The highest BCUT2D eigenvalue weighted by Crippen LogP contribution is 2.36. The molecule has 0 saturated carbocycles. The number of hydrogen-bond acceptors (Lipinski definition) is 4. The predicted molar refractivity (Wildman–Crippen MR) is 68.1 cm³/mol. The summed E-state index contributed by atoms with van der Waals surface area (Å²) in [6, 6.07) is 8.46. The number of nitrogens with two attached hydrogens (primary N) is 1. The van der Waals surface area contributed by atoms with Gasteiger partial charge < -0.3 is 10.3 Å². The topological polar surface area (TPSA) is 64.9 Å². The van der Waals surface area contributed by atoms with Gasteiger partial charge in [-0.15, -0.1) is 0 Å². The Bertz CT molecular complexity index is 568. The van der Waals surface area contributed by atoms with Crippen molar-refractivity contribution >= 4 is 0 Å². The van der Waals surface area contributed by atoms with Gasteiger partial charge in [-0.1, -0.05) is 29.4 Å². The Morgan fingerprint density at radius 3 is 2.83 bits per heavy atom. The Morgan fingerprint density at radius 1 is 1.33 bits per heavy atom. The lowest BCUT2D eigenvalue weighted by molar-refractivity contribution is 0.309. The van der Waals surface area contributed by atoms with Crippen LogP contribution in [0.2, 0.25) is 0 Å². The van der Waals surface area contributed by atoms with Gasteiger partial charge in [0.05, 0.1) is 5.54 Å². The van der Waals surface area contributed by atoms with Crippen molar-refractivity contribution in [1.82, 2.24) is 10.1 Å². The van der Waals surface area contributed by atoms with Crippen LogP contribution in [0.3, 0.4) is 0 Å². The summed E-state index contributed by atoms with van der Waals surface area (Å²) in [6.07, 6.45) is 2.13. The third kappa shape index (κ3) is 1.82. The number of nitrogens with zero attached hydrogens (tertiary/aromatic N) is 2. The highest BCUT2D eigenvalue weighted by Gasteiger charge is 2.30. The molecule has 1 aliphatic carbocycles. The van der Waals surface area contributed by atoms with Crippen LogP contribution in [0.5, 0.6) is 0 Å². The Balaban J connectivity index is 1.96. The highest BCUT2D eigenvalue weighted by atomic mass is 16.5. The molecule has 1 aromatic carbocycles. The van der Waals surface area contributed by atoms with Crippen molar-refractivity contribution in [1.29, 1.82) is 0 Å². The van der Waals surface area contributed by atoms with E-state index in [2.05, 4.69) is 34.4 Å². The van der Waals surface area contributed by atoms with Crippen LogP contribution >= 0.6 is 0 Å². The van der Waals surface area contributed by atoms with Crippen molar-refractivity contribution in [3.63, 3.8) is 0 Å². The van der Waals surface area contributed by atoms with E-state index in [0.29, 0.717) is 5.89 Å². The molecule has 0 saturated heterocycles. The van der Waals surface area contributed by atoms with Gasteiger partial charge in [0.2, 0.25) is 5.89 Å². The van der Waals surface area contributed by atoms with E-state index < -0.39 is 5.54 Å². The summed E-state index contributed by atoms with van der Waals surface area (Å²) in [4.78, 5) is 4.46. The molecule has 1 aromatic heterocycles. The molecule has 0 fully saturated rings. The smallest absolute Gasteiger partial charge is 0.246 e. The van der Waals surface area contributed by atoms with Crippen molar-refractivity contribution in [2.24, 2.45) is 5.73 Å². The molecule has 0 aliphatic heterocycles. The van der Waals surface area contributed by atoms with Gasteiger partial charge in [0.15, 0.2) is 5.82 Å². The van der Waals surface area contributed by atoms with Crippen molar-refractivity contribution in [2.45, 2.75) is 38.1 Å². The Labute approximate surface area is 106 Å². The molecule has 1 atom stereocenters. The van der Waals surface area contributed by atoms with Gasteiger partial charge in [-0.05, 0) is 37.8 Å². The standard InChI is InChI=1S/C14H17N3O/c1-14(2,15)13-16-12(17-18-13)11-8-7-9-5-3-4-6-10(9)11/h3-6,11H,7-8,15H2,1-2H3. The van der Waals surface area contributed by atoms with Crippen molar-refractivity contribution in [2.75, 3.05) is 0 Å². The minimum atomic E-state index is -0.580. The van der Waals surface area contributed by atoms with Gasteiger partial charge in [0.1, 0.15) is 0 Å². The first-order chi connectivity index (χ1) is 8.55. The molecule has 1 heterocycles. The lowest BCUT2D eigenvalue weighted by Crippen LogP contribution is -2.29. The first-order valence-corrected chi connectivity index (χ1v) is 6.26. The molecule has 94 valence electrons. The molecule has 4 nitrogen and oxygen atoms in total. The largest absolute Gasteiger partial charge is 0.337 e. The van der Waals surface area contributed by atoms with E-state index in [1.54, 1.807) is 0 Å². The van der Waals surface area contributed by atoms with Crippen LogP contribution in [0.4, 0.5) is 0 Å². The Morgan fingerprint density at radius 2 is 2.11 bits per heavy atom. The molecule has 0 spiro atoms. The van der Waals surface area contributed by atoms with Crippen LogP contribution in [-0.2, 0) is 12.0 Å². The summed E-state index contributed by atoms with van der Waals surface area (Å²) in [7, 11) is 0. The number of hydrogen-bond donors (Lipinski definition) is 1. The van der Waals surface area contributed by atoms with E-state index in [9.17, 15) is 0 Å². The first-order valence-electron chi connectivity index (χ1n) is 6.26. The second-order valence-corrected chi connectivity index (χ2v) is 5.47. The summed E-state index contributed by atoms with van der Waals surface area (Å²) in [6.45, 7) is 3.74. The van der Waals surface area contributed by atoms with E-state index in [0.717, 1.165) is 18.7 Å². The van der Waals surface area contributed by atoms with Crippen LogP contribution in [0.1, 0.15) is 49.0 Å². The van der Waals surface area contributed by atoms with Gasteiger partial charge in [-0.3, -0.25) is 0 Å². The van der Waals surface area contributed by atoms with Crippen LogP contribution in [-0.4, -0.2) is 10.1 Å². The molecule has 1 aliphatic rings. The molecule has 3 rings (SSSR count). The van der Waals surface area contributed by atoms with E-state index in [1.165, 1.54) is 11.1 Å². The number of aromatic nitrogens is 2. The minimum Gasteiger partial charge on any atom is -0.337 e. The maximum Gasteiger partial charge on any atom is 0.246 e. The fourth-order valence-corrected chi connectivity index (χ4v) is 2.46. The summed E-state index contributed by atoms with van der Waals surface area (Å²) in [5, 5.41) is 4.10. The average molecular weight is 243 g/mol. The number of fused-ring (bicyclic) bond motifs is 1. The van der Waals surface area contributed by atoms with Gasteiger partial charge in [-0.2, -0.15) is 4.98 Å². The van der Waals surface area contributed by atoms with Crippen molar-refractivity contribution in [3.8, 4) is 0 Å².